The average molecular weight is 725 g/mol. The molecule has 1 atom stereocenters. The molecule has 0 N–H and O–H groups in total. The molecule has 0 saturated heterocycles. The summed E-state index contributed by atoms with van der Waals surface area (Å²) in [6, 6.07) is 49.2. The van der Waals surface area contributed by atoms with Crippen molar-refractivity contribution in [2.45, 2.75) is 13.0 Å². The summed E-state index contributed by atoms with van der Waals surface area (Å²) in [5.41, 5.74) is 2.06. The van der Waals surface area contributed by atoms with E-state index in [-0.39, 0.29) is 0 Å². The van der Waals surface area contributed by atoms with Gasteiger partial charge < -0.3 is 4.57 Å². The van der Waals surface area contributed by atoms with E-state index in [9.17, 15) is 13.2 Å². The fraction of sp³-hybridized carbons (Fsp3) is 0.0444. The van der Waals surface area contributed by atoms with Crippen LogP contribution in [-0.4, -0.2) is 9.55 Å². The third-order valence-electron chi connectivity index (χ3n) is 9.45. The Balaban J connectivity index is 1.55. The van der Waals surface area contributed by atoms with E-state index < -0.39 is 48.6 Å². The molecule has 0 spiro atoms. The first kappa shape index (κ1) is 34.2. The number of benzene rings is 7. The number of halogens is 5. The second kappa shape index (κ2) is 14.3. The molecule has 7 aromatic carbocycles. The van der Waals surface area contributed by atoms with Gasteiger partial charge in [0.1, 0.15) is 5.82 Å². The van der Waals surface area contributed by atoms with Crippen molar-refractivity contribution in [1.29, 1.82) is 0 Å². The third kappa shape index (κ3) is 6.01. The molecular weight excluding hydrogens is 694 g/mol. The van der Waals surface area contributed by atoms with Gasteiger partial charge in [-0.25, -0.2) is 26.9 Å². The highest BCUT2D eigenvalue weighted by Crippen LogP contribution is 2.46. The maximum atomic E-state index is 15.9. The molecule has 0 aliphatic heterocycles. The molecule has 0 fully saturated rings. The second-order valence-electron chi connectivity index (χ2n) is 12.6. The van der Waals surface area contributed by atoms with Gasteiger partial charge >= 0.3 is 0 Å². The van der Waals surface area contributed by atoms with E-state index in [2.05, 4.69) is 30.3 Å². The predicted molar refractivity (Wildman–Crippen MR) is 205 cm³/mol. The van der Waals surface area contributed by atoms with E-state index in [0.29, 0.717) is 33.9 Å². The minimum absolute atomic E-state index is 0.324. The molecule has 8 aromatic rings. The maximum absolute atomic E-state index is 15.9. The minimum atomic E-state index is -2.21. The molecule has 53 heavy (non-hydrogen) atoms. The van der Waals surface area contributed by atoms with Crippen LogP contribution in [0.25, 0.3) is 44.7 Å². The average Bonchev–Trinajstić information content (AvgIpc) is 3.61. The lowest BCUT2D eigenvalue weighted by Crippen LogP contribution is -2.24. The third-order valence-corrected chi connectivity index (χ3v) is 11.9. The number of fused-ring (bicyclic) bond motifs is 1. The largest absolute Gasteiger partial charge is 0.316 e. The zero-order valence-electron chi connectivity index (χ0n) is 28.3. The van der Waals surface area contributed by atoms with Crippen molar-refractivity contribution in [2.75, 3.05) is 0 Å². The molecule has 0 aliphatic rings. The van der Waals surface area contributed by atoms with E-state index in [1.165, 1.54) is 6.92 Å². The number of nitrogens with zero attached hydrogens (tertiary/aromatic N) is 2. The van der Waals surface area contributed by atoms with Gasteiger partial charge in [0, 0.05) is 16.7 Å². The molecule has 1 heterocycles. The van der Waals surface area contributed by atoms with Gasteiger partial charge in [0.25, 0.3) is 0 Å². The van der Waals surface area contributed by atoms with Crippen LogP contribution in [0.5, 0.6) is 0 Å². The highest BCUT2D eigenvalue weighted by molar-refractivity contribution is 7.80. The van der Waals surface area contributed by atoms with E-state index in [1.807, 2.05) is 127 Å². The Morgan fingerprint density at radius 2 is 0.981 bits per heavy atom. The zero-order chi connectivity index (χ0) is 36.6. The van der Waals surface area contributed by atoms with Crippen molar-refractivity contribution < 1.29 is 22.0 Å². The van der Waals surface area contributed by atoms with Gasteiger partial charge in [-0.15, -0.1) is 0 Å². The lowest BCUT2D eigenvalue weighted by Gasteiger charge is -2.26. The molecule has 0 amide bonds. The van der Waals surface area contributed by atoms with E-state index >= 15 is 8.78 Å². The fourth-order valence-corrected chi connectivity index (χ4v) is 9.50. The Bertz CT molecular complexity index is 2510. The molecule has 0 bridgehead atoms. The maximum Gasteiger partial charge on any atom is 0.200 e. The summed E-state index contributed by atoms with van der Waals surface area (Å²) in [5.74, 6) is -9.65. The molecule has 0 unspecified atom stereocenters. The smallest absolute Gasteiger partial charge is 0.200 e. The van der Waals surface area contributed by atoms with Crippen molar-refractivity contribution in [3.05, 3.63) is 192 Å². The first-order chi connectivity index (χ1) is 25.8. The van der Waals surface area contributed by atoms with E-state index in [0.717, 1.165) is 26.7 Å². The summed E-state index contributed by atoms with van der Waals surface area (Å²) in [7, 11) is -1.26. The number of hydrogen-bond acceptors (Lipinski definition) is 1. The van der Waals surface area contributed by atoms with Gasteiger partial charge in [-0.2, -0.15) is 0 Å². The summed E-state index contributed by atoms with van der Waals surface area (Å²) < 4.78 is 77.8. The molecule has 260 valence electrons. The van der Waals surface area contributed by atoms with Crippen molar-refractivity contribution in [1.82, 2.24) is 9.55 Å². The summed E-state index contributed by atoms with van der Waals surface area (Å²) in [5, 5.41) is 4.74. The summed E-state index contributed by atoms with van der Waals surface area (Å²) in [6.45, 7) is 1.45. The SMILES string of the molecule is C[C@H](c1c(F)c(F)c(F)c(F)c1F)n1c(-c2c(P(c3ccccc3)c3ccccc3)ccc3ccccc23)nc(-c2ccccc2)c1-c1ccccc1. The molecule has 0 aliphatic carbocycles. The Hall–Kier alpha value is -5.91. The molecular formula is C45H30F5N2P. The molecule has 8 rings (SSSR count). The zero-order valence-corrected chi connectivity index (χ0v) is 29.2. The quantitative estimate of drug-likeness (QED) is 0.0660. The lowest BCUT2D eigenvalue weighted by molar-refractivity contribution is 0.361. The van der Waals surface area contributed by atoms with Crippen LogP contribution in [0.4, 0.5) is 22.0 Å². The van der Waals surface area contributed by atoms with Crippen LogP contribution >= 0.6 is 7.92 Å². The van der Waals surface area contributed by atoms with Gasteiger partial charge in [-0.3, -0.25) is 0 Å². The number of hydrogen-bond donors (Lipinski definition) is 0. The molecule has 0 radical (unpaired) electrons. The summed E-state index contributed by atoms with van der Waals surface area (Å²) in [4.78, 5) is 5.34. The topological polar surface area (TPSA) is 17.8 Å². The van der Waals surface area contributed by atoms with Crippen LogP contribution in [0.15, 0.2) is 158 Å². The Kier molecular flexibility index (Phi) is 9.19. The minimum Gasteiger partial charge on any atom is -0.316 e. The molecule has 2 nitrogen and oxygen atoms in total. The van der Waals surface area contributed by atoms with E-state index in [4.69, 9.17) is 4.98 Å². The van der Waals surface area contributed by atoms with Gasteiger partial charge in [0.05, 0.1) is 23.0 Å². The van der Waals surface area contributed by atoms with Crippen LogP contribution in [0, 0.1) is 29.1 Å². The van der Waals surface area contributed by atoms with Crippen LogP contribution < -0.4 is 15.9 Å². The Morgan fingerprint density at radius 3 is 1.55 bits per heavy atom. The number of aromatic nitrogens is 2. The van der Waals surface area contributed by atoms with Gasteiger partial charge in [-0.05, 0) is 41.5 Å². The fourth-order valence-electron chi connectivity index (χ4n) is 7.04. The van der Waals surface area contributed by atoms with Crippen LogP contribution in [0.1, 0.15) is 18.5 Å². The molecule has 0 saturated carbocycles. The highest BCUT2D eigenvalue weighted by Gasteiger charge is 2.35. The van der Waals surface area contributed by atoms with Crippen LogP contribution in [0.3, 0.4) is 0 Å². The van der Waals surface area contributed by atoms with Crippen LogP contribution in [-0.2, 0) is 0 Å². The van der Waals surface area contributed by atoms with Gasteiger partial charge in [-0.1, -0.05) is 158 Å². The number of rotatable bonds is 8. The normalized spacial score (nSPS) is 12.1. The van der Waals surface area contributed by atoms with E-state index in [1.54, 1.807) is 4.57 Å². The first-order valence-corrected chi connectivity index (χ1v) is 18.4. The summed E-state index contributed by atoms with van der Waals surface area (Å²) >= 11 is 0. The predicted octanol–water partition coefficient (Wildman–Crippen LogP) is 11.1. The standard InChI is InChI=1S/C45H30F5N2P/c1-28(36-38(46)40(48)42(50)41(49)39(36)47)52-44(31-19-8-3-9-20-31)43(30-17-6-2-7-18-30)51-45(52)37-34-25-15-14-16-29(34)26-27-35(37)53(32-21-10-4-11-22-32)33-23-12-5-13-24-33/h2-28H,1H3/t28-/m1/s1. The Labute approximate surface area is 304 Å². The van der Waals surface area contributed by atoms with Crippen molar-refractivity contribution >= 4 is 34.6 Å². The summed E-state index contributed by atoms with van der Waals surface area (Å²) in [6.07, 6.45) is 0. The number of imidazole rings is 1. The first-order valence-electron chi connectivity index (χ1n) is 17.0. The van der Waals surface area contributed by atoms with Crippen LogP contribution in [0.2, 0.25) is 0 Å². The van der Waals surface area contributed by atoms with Crippen molar-refractivity contribution in [2.24, 2.45) is 0 Å². The lowest BCUT2D eigenvalue weighted by atomic mass is 10.0. The molecule has 1 aromatic heterocycles. The van der Waals surface area contributed by atoms with Gasteiger partial charge in [0.2, 0.25) is 5.82 Å². The molecule has 8 heteroatoms. The monoisotopic (exact) mass is 724 g/mol. The second-order valence-corrected chi connectivity index (χ2v) is 14.8. The van der Waals surface area contributed by atoms with Crippen molar-refractivity contribution in [3.8, 4) is 33.9 Å². The van der Waals surface area contributed by atoms with Crippen molar-refractivity contribution in [3.63, 3.8) is 0 Å². The highest BCUT2D eigenvalue weighted by atomic mass is 31.1. The Morgan fingerprint density at radius 1 is 0.509 bits per heavy atom. The van der Waals surface area contributed by atoms with Gasteiger partial charge in [0.15, 0.2) is 23.3 Å².